The molecule has 0 radical (unpaired) electrons. The lowest BCUT2D eigenvalue weighted by atomic mass is 9.59. The van der Waals surface area contributed by atoms with Crippen LogP contribution in [-0.4, -0.2) is 29.2 Å². The summed E-state index contributed by atoms with van der Waals surface area (Å²) in [6.45, 7) is 20.8. The summed E-state index contributed by atoms with van der Waals surface area (Å²) >= 11 is 0. The number of aryl methyl sites for hydroxylation is 1. The molecule has 1 aliphatic rings. The predicted octanol–water partition coefficient (Wildman–Crippen LogP) is 9.90. The second kappa shape index (κ2) is 13.2. The third-order valence-electron chi connectivity index (χ3n) is 11.0. The van der Waals surface area contributed by atoms with Crippen molar-refractivity contribution in [2.24, 2.45) is 5.41 Å². The van der Waals surface area contributed by atoms with E-state index >= 15 is 0 Å². The fourth-order valence-corrected chi connectivity index (χ4v) is 8.43. The van der Waals surface area contributed by atoms with Gasteiger partial charge in [0.05, 0.1) is 29.9 Å². The Morgan fingerprint density at radius 2 is 1.77 bits per heavy atom. The minimum absolute atomic E-state index is 0.0622. The van der Waals surface area contributed by atoms with Crippen molar-refractivity contribution in [1.82, 2.24) is 9.38 Å². The summed E-state index contributed by atoms with van der Waals surface area (Å²) in [5, 5.41) is 1.29. The van der Waals surface area contributed by atoms with E-state index in [0.29, 0.717) is 6.61 Å². The van der Waals surface area contributed by atoms with Crippen LogP contribution in [0.1, 0.15) is 96.7 Å². The van der Waals surface area contributed by atoms with Crippen LogP contribution < -0.4 is 4.57 Å². The molecule has 3 atom stereocenters. The average Bonchev–Trinajstić information content (AvgIpc) is 3.44. The number of fused-ring (bicyclic) bond motifs is 3. The van der Waals surface area contributed by atoms with Crippen LogP contribution in [0.5, 0.6) is 0 Å². The first kappa shape index (κ1) is 33.9. The van der Waals surface area contributed by atoms with Gasteiger partial charge in [0.15, 0.2) is 11.0 Å². The molecular weight excluding hydrogens is 590 g/mol. The van der Waals surface area contributed by atoms with E-state index < -0.39 is 0 Å². The lowest BCUT2D eigenvalue weighted by Crippen LogP contribution is -2.67. The molecule has 48 heavy (non-hydrogen) atoms. The van der Waals surface area contributed by atoms with Crippen LogP contribution in [-0.2, 0) is 33.3 Å². The van der Waals surface area contributed by atoms with Crippen molar-refractivity contribution in [3.8, 4) is 0 Å². The van der Waals surface area contributed by atoms with Gasteiger partial charge in [0, 0.05) is 24.9 Å². The summed E-state index contributed by atoms with van der Waals surface area (Å²) in [6, 6.07) is 24.3. The van der Waals surface area contributed by atoms with E-state index in [4.69, 9.17) is 14.5 Å². The topological polar surface area (TPSA) is 39.6 Å². The van der Waals surface area contributed by atoms with Gasteiger partial charge in [-0.2, -0.15) is 4.40 Å². The van der Waals surface area contributed by atoms with Gasteiger partial charge < -0.3 is 9.47 Å². The number of aromatic nitrogens is 3. The van der Waals surface area contributed by atoms with Crippen molar-refractivity contribution in [2.45, 2.75) is 104 Å². The third kappa shape index (κ3) is 5.74. The molecular formula is C43H54N3O2+. The Hall–Kier alpha value is -3.96. The smallest absolute Gasteiger partial charge is 0.299 e. The SMILES string of the molecule is C=Cc1ccc(CCC(=CC(C)OCCC2(CC)c3cccc4nc(CC(C)(C)C)n5c6ccccc6[n+](c5c34)C2(C)CC)OC)cc1. The average molecular weight is 645 g/mol. The zero-order valence-corrected chi connectivity index (χ0v) is 30.4. The summed E-state index contributed by atoms with van der Waals surface area (Å²) in [5.41, 5.74) is 8.49. The Kier molecular flexibility index (Phi) is 9.30. The number of hydrogen-bond donors (Lipinski definition) is 0. The van der Waals surface area contributed by atoms with Crippen molar-refractivity contribution in [3.63, 3.8) is 0 Å². The second-order valence-electron chi connectivity index (χ2n) is 15.1. The van der Waals surface area contributed by atoms with Gasteiger partial charge in [-0.15, -0.1) is 0 Å². The number of rotatable bonds is 13. The van der Waals surface area contributed by atoms with Gasteiger partial charge in [0.1, 0.15) is 5.54 Å². The highest BCUT2D eigenvalue weighted by Gasteiger charge is 2.57. The zero-order chi connectivity index (χ0) is 34.3. The molecule has 0 saturated carbocycles. The fourth-order valence-electron chi connectivity index (χ4n) is 8.43. The Balaban J connectivity index is 1.36. The number of ether oxygens (including phenoxy) is 2. The van der Waals surface area contributed by atoms with Gasteiger partial charge in [-0.25, -0.2) is 9.55 Å². The van der Waals surface area contributed by atoms with Gasteiger partial charge >= 0.3 is 0 Å². The molecule has 3 heterocycles. The minimum Gasteiger partial charge on any atom is -0.501 e. The molecule has 5 heteroatoms. The van der Waals surface area contributed by atoms with E-state index in [1.165, 1.54) is 33.2 Å². The third-order valence-corrected chi connectivity index (χ3v) is 11.0. The second-order valence-corrected chi connectivity index (χ2v) is 15.1. The summed E-state index contributed by atoms with van der Waals surface area (Å²) < 4.78 is 17.6. The first-order valence-corrected chi connectivity index (χ1v) is 17.9. The van der Waals surface area contributed by atoms with Crippen LogP contribution >= 0.6 is 0 Å². The molecule has 5 nitrogen and oxygen atoms in total. The molecule has 2 aromatic heterocycles. The van der Waals surface area contributed by atoms with Crippen molar-refractivity contribution >= 4 is 33.7 Å². The van der Waals surface area contributed by atoms with Crippen LogP contribution in [0.2, 0.25) is 0 Å². The van der Waals surface area contributed by atoms with Crippen LogP contribution in [0.25, 0.3) is 33.7 Å². The van der Waals surface area contributed by atoms with E-state index in [1.807, 2.05) is 6.08 Å². The Bertz CT molecular complexity index is 1980. The summed E-state index contributed by atoms with van der Waals surface area (Å²) in [4.78, 5) is 5.41. The Morgan fingerprint density at radius 3 is 2.44 bits per heavy atom. The predicted molar refractivity (Wildman–Crippen MR) is 199 cm³/mol. The van der Waals surface area contributed by atoms with Crippen LogP contribution in [0.3, 0.4) is 0 Å². The summed E-state index contributed by atoms with van der Waals surface area (Å²) in [6.07, 6.45) is 9.52. The molecule has 5 aromatic rings. The van der Waals surface area contributed by atoms with Gasteiger partial charge in [-0.3, -0.25) is 0 Å². The Morgan fingerprint density at radius 1 is 1.02 bits per heavy atom. The highest BCUT2D eigenvalue weighted by atomic mass is 16.5. The summed E-state index contributed by atoms with van der Waals surface area (Å²) in [7, 11) is 1.76. The lowest BCUT2D eigenvalue weighted by molar-refractivity contribution is -0.729. The molecule has 0 saturated heterocycles. The highest BCUT2D eigenvalue weighted by molar-refractivity contribution is 5.97. The molecule has 3 aromatic carbocycles. The maximum atomic E-state index is 6.63. The molecule has 0 amide bonds. The number of imidazole rings is 1. The molecule has 0 bridgehead atoms. The minimum atomic E-state index is -0.182. The van der Waals surface area contributed by atoms with Crippen molar-refractivity contribution in [1.29, 1.82) is 0 Å². The van der Waals surface area contributed by atoms with Crippen molar-refractivity contribution < 1.29 is 14.0 Å². The van der Waals surface area contributed by atoms with Crippen molar-refractivity contribution in [3.05, 3.63) is 108 Å². The van der Waals surface area contributed by atoms with Crippen LogP contribution in [0.4, 0.5) is 0 Å². The molecule has 0 aliphatic carbocycles. The highest BCUT2D eigenvalue weighted by Crippen LogP contribution is 2.52. The molecule has 0 N–H and O–H groups in total. The standard InChI is InChI=1S/C43H54N3O2/c1-10-31-20-22-32(23-21-31)24-25-33(47-9)28-30(4)48-27-26-43(12-3)34-16-15-17-35-39(34)40-45(38(44-35)29-41(5,6)7)36-18-13-14-19-37(36)46(40)42(43,8)11-2/h10,13-23,28,30H,1,11-12,24-27,29H2,2-9H3/q+1. The number of allylic oxidation sites excluding steroid dienone is 1. The zero-order valence-electron chi connectivity index (χ0n) is 30.4. The van der Waals surface area contributed by atoms with Gasteiger partial charge in [-0.05, 0) is 85.9 Å². The number of para-hydroxylation sites is 2. The molecule has 1 aliphatic heterocycles. The maximum Gasteiger partial charge on any atom is 0.299 e. The van der Waals surface area contributed by atoms with Gasteiger partial charge in [0.25, 0.3) is 5.65 Å². The van der Waals surface area contributed by atoms with Gasteiger partial charge in [0.2, 0.25) is 5.82 Å². The largest absolute Gasteiger partial charge is 0.501 e. The van der Waals surface area contributed by atoms with E-state index in [9.17, 15) is 0 Å². The normalized spacial score (nSPS) is 20.2. The van der Waals surface area contributed by atoms with Crippen LogP contribution in [0, 0.1) is 5.41 Å². The van der Waals surface area contributed by atoms with E-state index in [2.05, 4.69) is 137 Å². The molecule has 252 valence electrons. The van der Waals surface area contributed by atoms with E-state index in [1.54, 1.807) is 7.11 Å². The van der Waals surface area contributed by atoms with E-state index in [-0.39, 0.29) is 22.5 Å². The Labute approximate surface area is 287 Å². The molecule has 0 fully saturated rings. The number of nitrogens with zero attached hydrogens (tertiary/aromatic N) is 3. The van der Waals surface area contributed by atoms with Crippen LogP contribution in [0.15, 0.2) is 85.1 Å². The number of hydrogen-bond acceptors (Lipinski definition) is 3. The fraction of sp³-hybridized carbons (Fsp3) is 0.442. The number of benzene rings is 3. The van der Waals surface area contributed by atoms with Gasteiger partial charge in [-0.1, -0.05) is 95.8 Å². The quantitative estimate of drug-likeness (QED) is 0.0946. The summed E-state index contributed by atoms with van der Waals surface area (Å²) in [5.74, 6) is 2.09. The molecule has 3 unspecified atom stereocenters. The monoisotopic (exact) mass is 644 g/mol. The number of methoxy groups -OCH3 is 1. The van der Waals surface area contributed by atoms with E-state index in [0.717, 1.165) is 61.2 Å². The molecule has 0 spiro atoms. The molecule has 6 rings (SSSR count). The van der Waals surface area contributed by atoms with Crippen molar-refractivity contribution in [2.75, 3.05) is 13.7 Å². The first-order chi connectivity index (χ1) is 23.0. The first-order valence-electron chi connectivity index (χ1n) is 17.9. The lowest BCUT2D eigenvalue weighted by Gasteiger charge is -2.49. The maximum absolute atomic E-state index is 6.63.